The number of nitrogens with zero attached hydrogens (tertiary/aromatic N) is 4. The number of benzene rings is 2. The summed E-state index contributed by atoms with van der Waals surface area (Å²) in [4.78, 5) is 59.4. The van der Waals surface area contributed by atoms with Gasteiger partial charge in [-0.05, 0) is 74.6 Å². The molecule has 14 heteroatoms. The Morgan fingerprint density at radius 2 is 1.74 bits per heavy atom. The second-order valence-electron chi connectivity index (χ2n) is 14.6. The van der Waals surface area contributed by atoms with Crippen LogP contribution in [-0.2, 0) is 40.2 Å². The lowest BCUT2D eigenvalue weighted by Crippen LogP contribution is -2.54. The number of hydrogen-bond acceptors (Lipinski definition) is 9. The van der Waals surface area contributed by atoms with Gasteiger partial charge in [0.15, 0.2) is 17.3 Å². The molecule has 0 unspecified atom stereocenters. The van der Waals surface area contributed by atoms with Crippen molar-refractivity contribution < 1.29 is 28.4 Å². The number of ether oxygens (including phenoxy) is 1. The van der Waals surface area contributed by atoms with Crippen LogP contribution in [-0.4, -0.2) is 68.3 Å². The quantitative estimate of drug-likeness (QED) is 0.212. The average molecular weight is 725 g/mol. The van der Waals surface area contributed by atoms with E-state index in [1.807, 2.05) is 42.5 Å². The van der Waals surface area contributed by atoms with E-state index in [1.54, 1.807) is 30.7 Å². The molecule has 2 aromatic heterocycles. The minimum atomic E-state index is -1.05. The van der Waals surface area contributed by atoms with Gasteiger partial charge in [-0.2, -0.15) is 5.10 Å². The molecule has 4 N–H and O–H groups in total. The third kappa shape index (κ3) is 10.5. The molecule has 280 valence electrons. The van der Waals surface area contributed by atoms with Crippen molar-refractivity contribution in [1.29, 1.82) is 0 Å². The van der Waals surface area contributed by atoms with Crippen molar-refractivity contribution in [3.63, 3.8) is 0 Å². The maximum Gasteiger partial charge on any atom is 0.274 e. The van der Waals surface area contributed by atoms with Gasteiger partial charge in [-0.3, -0.25) is 19.2 Å². The van der Waals surface area contributed by atoms with Gasteiger partial charge >= 0.3 is 0 Å². The van der Waals surface area contributed by atoms with Crippen LogP contribution < -0.4 is 26.0 Å². The van der Waals surface area contributed by atoms with Crippen LogP contribution in [0, 0.1) is 18.8 Å². The number of aromatic nitrogens is 4. The number of rotatable bonds is 8. The topological polar surface area (TPSA) is 182 Å². The standard InChI is InChI=1S/C39H48N8O6/c1-23(2)16-29-22-52-30-14-12-27(13-15-30)19-32(43-39(51)33-17-24(3)53-46-33)38(50)40-25(4)37(49)42-31(18-26-8-6-5-7-9-26)36-44-34(20-28-10-11-28)45-47(36)21-35(48)41-29/h5-9,12-15,17,23,25,28-29,31-32H,10-11,16,18-22H2,1-4H3,(H,40,50)(H,41,48)(H,42,49)(H,43,51)/t25-,29+,31-,32+/m1/s1. The molecule has 0 radical (unpaired) electrons. The van der Waals surface area contributed by atoms with Crippen LogP contribution in [0.3, 0.4) is 0 Å². The van der Waals surface area contributed by atoms with E-state index >= 15 is 0 Å². The molecule has 1 saturated carbocycles. The summed E-state index contributed by atoms with van der Waals surface area (Å²) < 4.78 is 12.8. The van der Waals surface area contributed by atoms with Crippen LogP contribution in [0.15, 0.2) is 65.2 Å². The molecule has 2 aliphatic heterocycles. The van der Waals surface area contributed by atoms with Gasteiger partial charge in [0.05, 0.1) is 12.1 Å². The summed E-state index contributed by atoms with van der Waals surface area (Å²) in [6.07, 6.45) is 4.07. The summed E-state index contributed by atoms with van der Waals surface area (Å²) in [5, 5.41) is 20.4. The predicted octanol–water partition coefficient (Wildman–Crippen LogP) is 3.40. The van der Waals surface area contributed by atoms with E-state index in [1.165, 1.54) is 6.07 Å². The van der Waals surface area contributed by atoms with Crippen LogP contribution in [0.5, 0.6) is 5.75 Å². The van der Waals surface area contributed by atoms with Crippen molar-refractivity contribution in [2.75, 3.05) is 6.61 Å². The molecule has 4 amide bonds. The van der Waals surface area contributed by atoms with Crippen molar-refractivity contribution in [2.45, 2.75) is 96.9 Å². The molecule has 0 saturated heterocycles. The van der Waals surface area contributed by atoms with Crippen LogP contribution >= 0.6 is 0 Å². The van der Waals surface area contributed by atoms with Crippen molar-refractivity contribution in [2.24, 2.45) is 11.8 Å². The van der Waals surface area contributed by atoms with E-state index in [0.29, 0.717) is 48.3 Å². The fourth-order valence-electron chi connectivity index (χ4n) is 6.39. The van der Waals surface area contributed by atoms with Gasteiger partial charge < -0.3 is 30.5 Å². The molecule has 3 aliphatic rings. The van der Waals surface area contributed by atoms with Crippen molar-refractivity contribution in [3.05, 3.63) is 94.9 Å². The zero-order valence-electron chi connectivity index (χ0n) is 30.6. The molecular weight excluding hydrogens is 676 g/mol. The highest BCUT2D eigenvalue weighted by Crippen LogP contribution is 2.32. The average Bonchev–Trinajstić information content (AvgIpc) is 3.69. The number of amides is 4. The monoisotopic (exact) mass is 724 g/mol. The second-order valence-corrected chi connectivity index (χ2v) is 14.6. The first-order valence-corrected chi connectivity index (χ1v) is 18.3. The highest BCUT2D eigenvalue weighted by atomic mass is 16.5. The molecule has 14 nitrogen and oxygen atoms in total. The number of aryl methyl sites for hydroxylation is 1. The third-order valence-electron chi connectivity index (χ3n) is 9.29. The fraction of sp³-hybridized carbons (Fsp3) is 0.462. The number of carbonyl (C=O) groups is 4. The summed E-state index contributed by atoms with van der Waals surface area (Å²) in [5.41, 5.74) is 1.72. The Morgan fingerprint density at radius 1 is 0.981 bits per heavy atom. The minimum Gasteiger partial charge on any atom is -0.491 e. The molecular formula is C39H48N8O6. The van der Waals surface area contributed by atoms with E-state index in [0.717, 1.165) is 24.0 Å². The summed E-state index contributed by atoms with van der Waals surface area (Å²) in [7, 11) is 0. The molecule has 1 aliphatic carbocycles. The van der Waals surface area contributed by atoms with Gasteiger partial charge in [0.1, 0.15) is 36.7 Å². The number of nitrogens with one attached hydrogen (secondary N) is 4. The molecule has 4 heterocycles. The first-order valence-electron chi connectivity index (χ1n) is 18.3. The number of carbonyl (C=O) groups excluding carboxylic acids is 4. The van der Waals surface area contributed by atoms with Gasteiger partial charge in [0.25, 0.3) is 5.91 Å². The molecule has 4 atom stereocenters. The normalized spacial score (nSPS) is 21.6. The van der Waals surface area contributed by atoms with Gasteiger partial charge in [-0.25, -0.2) is 9.67 Å². The van der Waals surface area contributed by atoms with Crippen LogP contribution in [0.2, 0.25) is 0 Å². The van der Waals surface area contributed by atoms with Crippen molar-refractivity contribution >= 4 is 23.6 Å². The molecule has 7 rings (SSSR count). The van der Waals surface area contributed by atoms with Gasteiger partial charge in [-0.15, -0.1) is 0 Å². The van der Waals surface area contributed by atoms with E-state index in [9.17, 15) is 19.2 Å². The van der Waals surface area contributed by atoms with Gasteiger partial charge in [0.2, 0.25) is 17.7 Å². The number of hydrogen-bond donors (Lipinski definition) is 4. The Hall–Kier alpha value is -5.53. The predicted molar refractivity (Wildman–Crippen MR) is 195 cm³/mol. The number of fused-ring (bicyclic) bond motifs is 14. The lowest BCUT2D eigenvalue weighted by molar-refractivity contribution is -0.130. The van der Waals surface area contributed by atoms with Gasteiger partial charge in [0, 0.05) is 18.9 Å². The molecule has 53 heavy (non-hydrogen) atoms. The Morgan fingerprint density at radius 3 is 2.42 bits per heavy atom. The fourth-order valence-corrected chi connectivity index (χ4v) is 6.39. The molecule has 2 aromatic carbocycles. The smallest absolute Gasteiger partial charge is 0.274 e. The first-order chi connectivity index (χ1) is 25.5. The highest BCUT2D eigenvalue weighted by Gasteiger charge is 2.31. The maximum atomic E-state index is 13.9. The lowest BCUT2D eigenvalue weighted by Gasteiger charge is -2.25. The third-order valence-corrected chi connectivity index (χ3v) is 9.29. The zero-order chi connectivity index (χ0) is 37.5. The summed E-state index contributed by atoms with van der Waals surface area (Å²) >= 11 is 0. The maximum absolute atomic E-state index is 13.9. The van der Waals surface area contributed by atoms with E-state index in [-0.39, 0.29) is 43.1 Å². The highest BCUT2D eigenvalue weighted by molar-refractivity contribution is 5.97. The molecule has 0 spiro atoms. The zero-order valence-corrected chi connectivity index (χ0v) is 30.6. The summed E-state index contributed by atoms with van der Waals surface area (Å²) in [5.74, 6) is 1.04. The molecule has 4 aromatic rings. The van der Waals surface area contributed by atoms with Crippen LogP contribution in [0.1, 0.15) is 85.1 Å². The SMILES string of the molecule is Cc1cc(C(=O)N[C@H]2Cc3ccc(cc3)OC[C@H](CC(C)C)NC(=O)Cn3nc(CC4CC4)nc3[C@@H](Cc3ccccc3)NC(=O)[C@@H](C)NC2=O)no1. The van der Waals surface area contributed by atoms with Crippen molar-refractivity contribution in [1.82, 2.24) is 41.2 Å². The van der Waals surface area contributed by atoms with Crippen LogP contribution in [0.4, 0.5) is 0 Å². The Bertz CT molecular complexity index is 1880. The minimum absolute atomic E-state index is 0.0354. The Kier molecular flexibility index (Phi) is 11.9. The van der Waals surface area contributed by atoms with E-state index in [2.05, 4.69) is 40.3 Å². The largest absolute Gasteiger partial charge is 0.491 e. The Balaban J connectivity index is 1.33. The van der Waals surface area contributed by atoms with Crippen LogP contribution in [0.25, 0.3) is 0 Å². The van der Waals surface area contributed by atoms with Gasteiger partial charge in [-0.1, -0.05) is 61.5 Å². The van der Waals surface area contributed by atoms with Crippen molar-refractivity contribution in [3.8, 4) is 5.75 Å². The molecule has 2 bridgehead atoms. The van der Waals surface area contributed by atoms with E-state index in [4.69, 9.17) is 19.3 Å². The lowest BCUT2D eigenvalue weighted by atomic mass is 10.0. The first kappa shape index (κ1) is 37.2. The summed E-state index contributed by atoms with van der Waals surface area (Å²) in [6.45, 7) is 7.56. The second kappa shape index (κ2) is 16.9. The molecule has 1 fully saturated rings. The Labute approximate surface area is 308 Å². The summed E-state index contributed by atoms with van der Waals surface area (Å²) in [6, 6.07) is 15.3. The van der Waals surface area contributed by atoms with E-state index < -0.39 is 35.8 Å².